The van der Waals surface area contributed by atoms with Crippen molar-refractivity contribution in [3.63, 3.8) is 0 Å². The van der Waals surface area contributed by atoms with Crippen molar-refractivity contribution >= 4 is 5.76 Å². The van der Waals surface area contributed by atoms with Crippen molar-refractivity contribution < 1.29 is 4.74 Å². The van der Waals surface area contributed by atoms with E-state index in [4.69, 9.17) is 4.74 Å². The Kier molecular flexibility index (Phi) is 2.30. The van der Waals surface area contributed by atoms with Crippen LogP contribution in [0.15, 0.2) is 29.3 Å². The molecule has 0 aromatic heterocycles. The smallest absolute Gasteiger partial charge is 0.179 e. The summed E-state index contributed by atoms with van der Waals surface area (Å²) < 4.78 is 5.49. The molecule has 68 valence electrons. The summed E-state index contributed by atoms with van der Waals surface area (Å²) in [5.41, 5.74) is 0. The molecule has 1 aliphatic rings. The van der Waals surface area contributed by atoms with Gasteiger partial charge >= 0.3 is 0 Å². The standard InChI is InChI=1S/C11H13NO/c1-2-5-11-9-6-3-4-7-10(9)12-8-13-11/h3-4,6-7H,2,5,8H2,1H3. The molecule has 0 bridgehead atoms. The van der Waals surface area contributed by atoms with E-state index in [0.29, 0.717) is 6.73 Å². The normalized spacial score (nSPS) is 14.4. The predicted octanol–water partition coefficient (Wildman–Crippen LogP) is 1.20. The molecular weight excluding hydrogens is 162 g/mol. The Morgan fingerprint density at radius 3 is 3.08 bits per heavy atom. The molecule has 0 saturated heterocycles. The van der Waals surface area contributed by atoms with Crippen LogP contribution < -0.4 is 10.6 Å². The van der Waals surface area contributed by atoms with Crippen LogP contribution in [-0.4, -0.2) is 6.73 Å². The monoisotopic (exact) mass is 175 g/mol. The second-order valence-electron chi connectivity index (χ2n) is 3.12. The van der Waals surface area contributed by atoms with Crippen LogP contribution in [0.5, 0.6) is 0 Å². The van der Waals surface area contributed by atoms with E-state index >= 15 is 0 Å². The lowest BCUT2D eigenvalue weighted by atomic mass is 10.2. The Morgan fingerprint density at radius 1 is 1.38 bits per heavy atom. The maximum absolute atomic E-state index is 5.49. The Hall–Kier alpha value is -1.31. The number of fused-ring (bicyclic) bond motifs is 1. The fraction of sp³-hybridized carbons (Fsp3) is 0.364. The lowest BCUT2D eigenvalue weighted by Gasteiger charge is -2.11. The highest BCUT2D eigenvalue weighted by atomic mass is 16.5. The number of ether oxygens (including phenoxy) is 1. The van der Waals surface area contributed by atoms with Crippen molar-refractivity contribution in [1.82, 2.24) is 0 Å². The molecule has 0 spiro atoms. The zero-order valence-electron chi connectivity index (χ0n) is 7.79. The minimum absolute atomic E-state index is 0.479. The number of hydrogen-bond acceptors (Lipinski definition) is 2. The number of hydrogen-bond donors (Lipinski definition) is 0. The summed E-state index contributed by atoms with van der Waals surface area (Å²) >= 11 is 0. The third-order valence-electron chi connectivity index (χ3n) is 2.16. The molecule has 1 aliphatic heterocycles. The van der Waals surface area contributed by atoms with E-state index in [2.05, 4.69) is 18.0 Å². The minimum atomic E-state index is 0.479. The number of para-hydroxylation sites is 1. The average Bonchev–Trinajstić information content (AvgIpc) is 2.19. The molecule has 1 aromatic rings. The molecule has 0 amide bonds. The Morgan fingerprint density at radius 2 is 2.23 bits per heavy atom. The maximum atomic E-state index is 5.49. The van der Waals surface area contributed by atoms with Gasteiger partial charge in [0.2, 0.25) is 0 Å². The molecule has 0 fully saturated rings. The SMILES string of the molecule is CCCC1=c2ccccc2=NCO1. The van der Waals surface area contributed by atoms with Gasteiger partial charge in [-0.1, -0.05) is 19.1 Å². The highest BCUT2D eigenvalue weighted by Gasteiger charge is 2.03. The van der Waals surface area contributed by atoms with Gasteiger partial charge in [0.25, 0.3) is 0 Å². The van der Waals surface area contributed by atoms with Gasteiger partial charge in [0.05, 0.1) is 5.36 Å². The summed E-state index contributed by atoms with van der Waals surface area (Å²) in [6.45, 7) is 2.64. The molecule has 2 rings (SSSR count). The van der Waals surface area contributed by atoms with Crippen LogP contribution in [0.25, 0.3) is 5.76 Å². The maximum Gasteiger partial charge on any atom is 0.179 e. The van der Waals surface area contributed by atoms with E-state index in [1.54, 1.807) is 0 Å². The first kappa shape index (κ1) is 8.30. The van der Waals surface area contributed by atoms with Gasteiger partial charge in [0.15, 0.2) is 6.73 Å². The molecule has 0 radical (unpaired) electrons. The second-order valence-corrected chi connectivity index (χ2v) is 3.12. The fourth-order valence-electron chi connectivity index (χ4n) is 1.54. The topological polar surface area (TPSA) is 21.6 Å². The Balaban J connectivity index is 2.61. The minimum Gasteiger partial charge on any atom is -0.475 e. The van der Waals surface area contributed by atoms with E-state index in [9.17, 15) is 0 Å². The van der Waals surface area contributed by atoms with E-state index < -0.39 is 0 Å². The summed E-state index contributed by atoms with van der Waals surface area (Å²) in [6.07, 6.45) is 2.12. The van der Waals surface area contributed by atoms with Crippen molar-refractivity contribution in [3.8, 4) is 0 Å². The number of benzene rings is 1. The van der Waals surface area contributed by atoms with Gasteiger partial charge in [-0.15, -0.1) is 0 Å². The summed E-state index contributed by atoms with van der Waals surface area (Å²) in [7, 11) is 0. The third-order valence-corrected chi connectivity index (χ3v) is 2.16. The summed E-state index contributed by atoms with van der Waals surface area (Å²) in [5, 5.41) is 2.23. The third kappa shape index (κ3) is 1.57. The van der Waals surface area contributed by atoms with Crippen LogP contribution in [0.1, 0.15) is 19.8 Å². The number of rotatable bonds is 2. The van der Waals surface area contributed by atoms with Gasteiger partial charge < -0.3 is 4.74 Å². The molecule has 0 saturated carbocycles. The quantitative estimate of drug-likeness (QED) is 0.662. The van der Waals surface area contributed by atoms with Gasteiger partial charge in [-0.3, -0.25) is 0 Å². The van der Waals surface area contributed by atoms with Crippen LogP contribution in [0, 0.1) is 0 Å². The van der Waals surface area contributed by atoms with E-state index in [-0.39, 0.29) is 0 Å². The van der Waals surface area contributed by atoms with Gasteiger partial charge in [-0.05, 0) is 18.6 Å². The highest BCUT2D eigenvalue weighted by molar-refractivity contribution is 5.36. The first-order chi connectivity index (χ1) is 6.42. The Bertz CT molecular complexity index is 408. The van der Waals surface area contributed by atoms with Crippen LogP contribution in [0.4, 0.5) is 0 Å². The molecular formula is C11H13NO. The van der Waals surface area contributed by atoms with Crippen molar-refractivity contribution in [1.29, 1.82) is 0 Å². The summed E-state index contributed by atoms with van der Waals surface area (Å²) in [5.74, 6) is 1.09. The van der Waals surface area contributed by atoms with E-state index in [0.717, 1.165) is 29.2 Å². The van der Waals surface area contributed by atoms with E-state index in [1.165, 1.54) is 0 Å². The van der Waals surface area contributed by atoms with Gasteiger partial charge in [0.1, 0.15) is 5.76 Å². The zero-order valence-corrected chi connectivity index (χ0v) is 7.79. The van der Waals surface area contributed by atoms with Crippen LogP contribution >= 0.6 is 0 Å². The molecule has 2 nitrogen and oxygen atoms in total. The summed E-state index contributed by atoms with van der Waals surface area (Å²) in [4.78, 5) is 4.28. The highest BCUT2D eigenvalue weighted by Crippen LogP contribution is 2.06. The molecule has 13 heavy (non-hydrogen) atoms. The number of nitrogens with zero attached hydrogens (tertiary/aromatic N) is 1. The Labute approximate surface area is 77.6 Å². The van der Waals surface area contributed by atoms with E-state index in [1.807, 2.05) is 18.2 Å². The van der Waals surface area contributed by atoms with Crippen molar-refractivity contribution in [3.05, 3.63) is 34.8 Å². The summed E-state index contributed by atoms with van der Waals surface area (Å²) in [6, 6.07) is 8.15. The molecule has 1 heterocycles. The molecule has 0 N–H and O–H groups in total. The largest absolute Gasteiger partial charge is 0.475 e. The first-order valence-electron chi connectivity index (χ1n) is 4.67. The van der Waals surface area contributed by atoms with Crippen molar-refractivity contribution in [2.75, 3.05) is 6.73 Å². The van der Waals surface area contributed by atoms with Crippen molar-refractivity contribution in [2.24, 2.45) is 4.99 Å². The average molecular weight is 175 g/mol. The van der Waals surface area contributed by atoms with Gasteiger partial charge in [0, 0.05) is 11.6 Å². The fourth-order valence-corrected chi connectivity index (χ4v) is 1.54. The lowest BCUT2D eigenvalue weighted by Crippen LogP contribution is -2.31. The van der Waals surface area contributed by atoms with Gasteiger partial charge in [-0.25, -0.2) is 4.99 Å². The molecule has 0 aliphatic carbocycles. The first-order valence-corrected chi connectivity index (χ1v) is 4.67. The molecule has 0 atom stereocenters. The van der Waals surface area contributed by atoms with Crippen LogP contribution in [0.2, 0.25) is 0 Å². The molecule has 0 unspecified atom stereocenters. The van der Waals surface area contributed by atoms with Crippen molar-refractivity contribution in [2.45, 2.75) is 19.8 Å². The van der Waals surface area contributed by atoms with Gasteiger partial charge in [-0.2, -0.15) is 0 Å². The predicted molar refractivity (Wildman–Crippen MR) is 51.5 cm³/mol. The second kappa shape index (κ2) is 3.60. The molecule has 1 aromatic carbocycles. The lowest BCUT2D eigenvalue weighted by molar-refractivity contribution is 0.262. The molecule has 2 heteroatoms. The van der Waals surface area contributed by atoms with Crippen LogP contribution in [0.3, 0.4) is 0 Å². The zero-order chi connectivity index (χ0) is 9.10. The van der Waals surface area contributed by atoms with Crippen LogP contribution in [-0.2, 0) is 4.74 Å².